The van der Waals surface area contributed by atoms with Gasteiger partial charge in [-0.15, -0.1) is 0 Å². The number of aryl methyl sites for hydroxylation is 1. The number of sulfone groups is 1. The predicted octanol–water partition coefficient (Wildman–Crippen LogP) is 2.73. The highest BCUT2D eigenvalue weighted by atomic mass is 32.2. The number of rotatable bonds is 3. The van der Waals surface area contributed by atoms with Crippen molar-refractivity contribution in [3.8, 4) is 5.75 Å². The molecule has 1 aromatic carbocycles. The first-order valence-corrected chi connectivity index (χ1v) is 8.33. The first-order valence-electron chi connectivity index (χ1n) is 6.37. The van der Waals surface area contributed by atoms with Gasteiger partial charge < -0.3 is 4.74 Å². The quantitative estimate of drug-likeness (QED) is 0.846. The van der Waals surface area contributed by atoms with Crippen LogP contribution in [0.1, 0.15) is 31.2 Å². The number of ether oxygens (including phenoxy) is 1. The molecule has 0 radical (unpaired) electrons. The minimum atomic E-state index is -2.94. The van der Waals surface area contributed by atoms with Gasteiger partial charge in [-0.25, -0.2) is 8.42 Å². The topological polar surface area (TPSA) is 43.4 Å². The molecule has 0 aromatic heterocycles. The van der Waals surface area contributed by atoms with Gasteiger partial charge in [0.2, 0.25) is 0 Å². The first kappa shape index (κ1) is 13.4. The predicted molar refractivity (Wildman–Crippen MR) is 72.7 cm³/mol. The highest BCUT2D eigenvalue weighted by Crippen LogP contribution is 2.27. The van der Waals surface area contributed by atoms with Crippen molar-refractivity contribution in [2.45, 2.75) is 44.0 Å². The third-order valence-electron chi connectivity index (χ3n) is 3.51. The third-order valence-corrected chi connectivity index (χ3v) is 5.15. The van der Waals surface area contributed by atoms with E-state index >= 15 is 0 Å². The Balaban J connectivity index is 2.00. The molecule has 2 unspecified atom stereocenters. The molecule has 0 N–H and O–H groups in total. The molecule has 0 heterocycles. The van der Waals surface area contributed by atoms with Crippen LogP contribution < -0.4 is 4.74 Å². The van der Waals surface area contributed by atoms with Crippen molar-refractivity contribution in [1.82, 2.24) is 0 Å². The highest BCUT2D eigenvalue weighted by molar-refractivity contribution is 7.91. The van der Waals surface area contributed by atoms with Gasteiger partial charge in [0.1, 0.15) is 15.6 Å². The molecule has 1 aliphatic rings. The van der Waals surface area contributed by atoms with Gasteiger partial charge in [0.25, 0.3) is 0 Å². The van der Waals surface area contributed by atoms with Crippen LogP contribution in [0.4, 0.5) is 0 Å². The molecule has 0 saturated heterocycles. The van der Waals surface area contributed by atoms with E-state index in [-0.39, 0.29) is 11.4 Å². The van der Waals surface area contributed by atoms with Gasteiger partial charge in [0.05, 0.1) is 11.4 Å². The Morgan fingerprint density at radius 1 is 1.17 bits per heavy atom. The number of hydrogen-bond acceptors (Lipinski definition) is 3. The summed E-state index contributed by atoms with van der Waals surface area (Å²) in [5.41, 5.74) is 1.19. The summed E-state index contributed by atoms with van der Waals surface area (Å²) in [5.74, 6) is 0.833. The summed E-state index contributed by atoms with van der Waals surface area (Å²) in [6.07, 6.45) is 4.61. The van der Waals surface area contributed by atoms with Gasteiger partial charge in [-0.2, -0.15) is 0 Å². The lowest BCUT2D eigenvalue weighted by Crippen LogP contribution is -2.33. The van der Waals surface area contributed by atoms with Gasteiger partial charge in [-0.1, -0.05) is 17.7 Å². The van der Waals surface area contributed by atoms with Crippen LogP contribution >= 0.6 is 0 Å². The van der Waals surface area contributed by atoms with Crippen molar-refractivity contribution in [3.63, 3.8) is 0 Å². The van der Waals surface area contributed by atoms with Crippen LogP contribution in [0.3, 0.4) is 0 Å². The van der Waals surface area contributed by atoms with E-state index in [4.69, 9.17) is 4.74 Å². The van der Waals surface area contributed by atoms with Crippen molar-refractivity contribution in [3.05, 3.63) is 29.8 Å². The van der Waals surface area contributed by atoms with E-state index in [0.29, 0.717) is 6.42 Å². The maximum Gasteiger partial charge on any atom is 0.150 e. The lowest BCUT2D eigenvalue weighted by Gasteiger charge is -2.28. The largest absolute Gasteiger partial charge is 0.490 e. The molecule has 18 heavy (non-hydrogen) atoms. The molecule has 1 saturated carbocycles. The van der Waals surface area contributed by atoms with Crippen molar-refractivity contribution in [2.75, 3.05) is 6.26 Å². The van der Waals surface area contributed by atoms with Gasteiger partial charge in [-0.3, -0.25) is 0 Å². The first-order chi connectivity index (χ1) is 8.45. The molecule has 0 spiro atoms. The summed E-state index contributed by atoms with van der Waals surface area (Å²) in [4.78, 5) is 0. The fraction of sp³-hybridized carbons (Fsp3) is 0.571. The Morgan fingerprint density at radius 3 is 2.44 bits per heavy atom. The monoisotopic (exact) mass is 268 g/mol. The van der Waals surface area contributed by atoms with Gasteiger partial charge in [-0.05, 0) is 38.3 Å². The Kier molecular flexibility index (Phi) is 3.95. The summed E-state index contributed by atoms with van der Waals surface area (Å²) in [7, 11) is -2.94. The minimum absolute atomic E-state index is 0.0289. The van der Waals surface area contributed by atoms with Crippen LogP contribution in [0.5, 0.6) is 5.75 Å². The highest BCUT2D eigenvalue weighted by Gasteiger charge is 2.29. The Labute approximate surface area is 109 Å². The molecule has 100 valence electrons. The smallest absolute Gasteiger partial charge is 0.150 e. The van der Waals surface area contributed by atoms with E-state index < -0.39 is 9.84 Å². The summed E-state index contributed by atoms with van der Waals surface area (Å²) < 4.78 is 29.0. The summed E-state index contributed by atoms with van der Waals surface area (Å²) in [6, 6.07) is 7.90. The molecule has 2 rings (SSSR count). The van der Waals surface area contributed by atoms with Crippen molar-refractivity contribution >= 4 is 9.84 Å². The zero-order chi connectivity index (χ0) is 13.2. The van der Waals surface area contributed by atoms with Gasteiger partial charge in [0.15, 0.2) is 0 Å². The Morgan fingerprint density at radius 2 is 1.83 bits per heavy atom. The fourth-order valence-corrected chi connectivity index (χ4v) is 3.57. The lowest BCUT2D eigenvalue weighted by molar-refractivity contribution is 0.156. The summed E-state index contributed by atoms with van der Waals surface area (Å²) >= 11 is 0. The molecule has 1 aliphatic carbocycles. The summed E-state index contributed by atoms with van der Waals surface area (Å²) in [6.45, 7) is 2.03. The average Bonchev–Trinajstić information content (AvgIpc) is 2.31. The van der Waals surface area contributed by atoms with E-state index in [9.17, 15) is 8.42 Å². The second-order valence-electron chi connectivity index (χ2n) is 5.17. The fourth-order valence-electron chi connectivity index (χ4n) is 2.41. The van der Waals surface area contributed by atoms with Crippen LogP contribution in [0, 0.1) is 6.92 Å². The molecule has 3 nitrogen and oxygen atoms in total. The lowest BCUT2D eigenvalue weighted by atomic mass is 9.97. The van der Waals surface area contributed by atoms with Crippen LogP contribution in [-0.2, 0) is 9.84 Å². The van der Waals surface area contributed by atoms with E-state index in [0.717, 1.165) is 25.0 Å². The van der Waals surface area contributed by atoms with Gasteiger partial charge in [0, 0.05) is 12.7 Å². The minimum Gasteiger partial charge on any atom is -0.490 e. The zero-order valence-corrected chi connectivity index (χ0v) is 11.7. The molecule has 0 amide bonds. The zero-order valence-electron chi connectivity index (χ0n) is 10.9. The van der Waals surface area contributed by atoms with E-state index in [1.807, 2.05) is 31.2 Å². The normalized spacial score (nSPS) is 24.8. The molecule has 1 fully saturated rings. The maximum absolute atomic E-state index is 11.6. The molecular weight excluding hydrogens is 248 g/mol. The SMILES string of the molecule is Cc1ccc(OC2CCCC(S(C)(=O)=O)C2)cc1. The molecular formula is C14H20O3S. The summed E-state index contributed by atoms with van der Waals surface area (Å²) in [5, 5.41) is -0.235. The number of hydrogen-bond donors (Lipinski definition) is 0. The van der Waals surface area contributed by atoms with E-state index in [1.54, 1.807) is 0 Å². The molecule has 0 aliphatic heterocycles. The Hall–Kier alpha value is -1.03. The van der Waals surface area contributed by atoms with E-state index in [1.165, 1.54) is 11.8 Å². The molecule has 1 aromatic rings. The standard InChI is InChI=1S/C14H20O3S/c1-11-6-8-12(9-7-11)17-13-4-3-5-14(10-13)18(2,15)16/h6-9,13-14H,3-5,10H2,1-2H3. The van der Waals surface area contributed by atoms with Crippen molar-refractivity contribution in [1.29, 1.82) is 0 Å². The van der Waals surface area contributed by atoms with Gasteiger partial charge >= 0.3 is 0 Å². The average molecular weight is 268 g/mol. The van der Waals surface area contributed by atoms with Crippen molar-refractivity contribution < 1.29 is 13.2 Å². The molecule has 2 atom stereocenters. The third kappa shape index (κ3) is 3.48. The molecule has 4 heteroatoms. The van der Waals surface area contributed by atoms with Crippen LogP contribution in [0.15, 0.2) is 24.3 Å². The maximum atomic E-state index is 11.6. The second-order valence-corrected chi connectivity index (χ2v) is 7.50. The molecule has 0 bridgehead atoms. The van der Waals surface area contributed by atoms with Crippen LogP contribution in [-0.4, -0.2) is 26.0 Å². The van der Waals surface area contributed by atoms with Crippen molar-refractivity contribution in [2.24, 2.45) is 0 Å². The van der Waals surface area contributed by atoms with Crippen LogP contribution in [0.25, 0.3) is 0 Å². The second kappa shape index (κ2) is 5.31. The number of benzene rings is 1. The van der Waals surface area contributed by atoms with E-state index in [2.05, 4.69) is 0 Å². The van der Waals surface area contributed by atoms with Crippen LogP contribution in [0.2, 0.25) is 0 Å². The Bertz CT molecular complexity index is 490.